The predicted molar refractivity (Wildman–Crippen MR) is 327 cm³/mol. The van der Waals surface area contributed by atoms with Gasteiger partial charge in [-0.25, -0.2) is 0 Å². The number of rotatable bonds is 12. The zero-order chi connectivity index (χ0) is 52.4. The van der Waals surface area contributed by atoms with Crippen molar-refractivity contribution in [2.75, 3.05) is 0 Å². The molecule has 2 atom stereocenters. The molecule has 0 saturated heterocycles. The molecule has 9 aromatic rings. The molecule has 376 valence electrons. The van der Waals surface area contributed by atoms with Crippen LogP contribution in [0, 0.1) is 42.4 Å². The third-order valence-electron chi connectivity index (χ3n) is 16.2. The molecule has 0 spiro atoms. The van der Waals surface area contributed by atoms with Gasteiger partial charge in [0.25, 0.3) is 0 Å². The van der Waals surface area contributed by atoms with Crippen LogP contribution in [0.2, 0.25) is 0 Å². The van der Waals surface area contributed by atoms with Gasteiger partial charge in [0.2, 0.25) is 0 Å². The highest BCUT2D eigenvalue weighted by Crippen LogP contribution is 2.36. The molecule has 16 bridgehead atoms. The van der Waals surface area contributed by atoms with Crippen molar-refractivity contribution in [3.8, 4) is 113 Å². The Labute approximate surface area is 455 Å². The first-order chi connectivity index (χ1) is 37.3. The van der Waals surface area contributed by atoms with Gasteiger partial charge in [-0.05, 0) is 162 Å². The second kappa shape index (κ2) is 24.2. The Morgan fingerprint density at radius 1 is 0.316 bits per heavy atom. The standard InChI is InChI=1S/C76H72/c1-7-12-15-54(10-4)48-73-52-70(74(47-53(73)6)49-55(11-5)16-13-8-2)41-42-72-51-69-44-46-76(72)67-39-35-63(36-40-67)59-23-19-56(20-24-59)60-25-29-64(30-26-60)68-43-45-75(71(50-68)14-9-3)66-37-33-62(34-38-66)58-21-17-57(18-22-58)61-27-31-65(69)32-28-61/h17-40,43-47,50-52,54-55H,7-8,10-13,15-16,48-49H2,1-6H3. The largest absolute Gasteiger partial charge is 0.101 e. The van der Waals surface area contributed by atoms with Gasteiger partial charge >= 0.3 is 0 Å². The van der Waals surface area contributed by atoms with Crippen molar-refractivity contribution in [2.24, 2.45) is 11.8 Å². The summed E-state index contributed by atoms with van der Waals surface area (Å²) in [6.07, 6.45) is 12.2. The van der Waals surface area contributed by atoms with Crippen molar-refractivity contribution in [1.29, 1.82) is 0 Å². The molecule has 0 fully saturated rings. The molecule has 9 aromatic carbocycles. The van der Waals surface area contributed by atoms with Gasteiger partial charge in [-0.2, -0.15) is 0 Å². The van der Waals surface area contributed by atoms with E-state index in [9.17, 15) is 0 Å². The predicted octanol–water partition coefficient (Wildman–Crippen LogP) is 20.9. The number of hydrogen-bond acceptors (Lipinski definition) is 0. The summed E-state index contributed by atoms with van der Waals surface area (Å²) >= 11 is 0. The quantitative estimate of drug-likeness (QED) is 0.107. The number of benzene rings is 9. The zero-order valence-corrected chi connectivity index (χ0v) is 45.7. The first-order valence-electron chi connectivity index (χ1n) is 28.3. The molecule has 76 heavy (non-hydrogen) atoms. The van der Waals surface area contributed by atoms with Crippen LogP contribution < -0.4 is 0 Å². The van der Waals surface area contributed by atoms with E-state index in [2.05, 4.69) is 252 Å². The Morgan fingerprint density at radius 2 is 0.618 bits per heavy atom. The van der Waals surface area contributed by atoms with Gasteiger partial charge in [0.15, 0.2) is 0 Å². The highest BCUT2D eigenvalue weighted by molar-refractivity contribution is 5.83. The Hall–Kier alpha value is -7.90. The molecule has 0 aromatic heterocycles. The lowest BCUT2D eigenvalue weighted by Gasteiger charge is -2.20. The zero-order valence-electron chi connectivity index (χ0n) is 45.7. The molecule has 31 rings (SSSR count). The lowest BCUT2D eigenvalue weighted by Crippen LogP contribution is -2.09. The molecule has 0 N–H and O–H groups in total. The Balaban J connectivity index is 1.06. The van der Waals surface area contributed by atoms with E-state index in [-0.39, 0.29) is 0 Å². The summed E-state index contributed by atoms with van der Waals surface area (Å²) in [6.45, 7) is 13.6. The number of hydrogen-bond donors (Lipinski definition) is 0. The van der Waals surface area contributed by atoms with Crippen LogP contribution in [-0.2, 0) is 12.8 Å². The fraction of sp³-hybridized carbons (Fsp3) is 0.237. The summed E-state index contributed by atoms with van der Waals surface area (Å²) in [7, 11) is 0. The lowest BCUT2D eigenvalue weighted by atomic mass is 9.85. The molecule has 22 aliphatic carbocycles. The van der Waals surface area contributed by atoms with Gasteiger partial charge < -0.3 is 0 Å². The van der Waals surface area contributed by atoms with E-state index >= 15 is 0 Å². The average Bonchev–Trinajstić information content (AvgIpc) is 3.48. The van der Waals surface area contributed by atoms with Crippen molar-refractivity contribution in [3.05, 3.63) is 228 Å². The average molecular weight is 985 g/mol. The molecule has 0 heteroatoms. The smallest absolute Gasteiger partial charge is 0.0333 e. The highest BCUT2D eigenvalue weighted by atomic mass is 14.2. The van der Waals surface area contributed by atoms with Crippen molar-refractivity contribution in [1.82, 2.24) is 0 Å². The van der Waals surface area contributed by atoms with Crippen LogP contribution in [0.5, 0.6) is 0 Å². The third-order valence-corrected chi connectivity index (χ3v) is 16.2. The lowest BCUT2D eigenvalue weighted by molar-refractivity contribution is 0.445. The first-order valence-corrected chi connectivity index (χ1v) is 28.3. The van der Waals surface area contributed by atoms with Gasteiger partial charge in [-0.15, -0.1) is 5.92 Å². The van der Waals surface area contributed by atoms with Crippen LogP contribution >= 0.6 is 0 Å². The maximum atomic E-state index is 3.87. The molecule has 0 heterocycles. The summed E-state index contributed by atoms with van der Waals surface area (Å²) in [5.41, 5.74) is 26.4. The van der Waals surface area contributed by atoms with Gasteiger partial charge in [0.1, 0.15) is 0 Å². The second-order valence-electron chi connectivity index (χ2n) is 21.3. The first kappa shape index (κ1) is 51.6. The van der Waals surface area contributed by atoms with Gasteiger partial charge in [-0.1, -0.05) is 273 Å². The van der Waals surface area contributed by atoms with Crippen molar-refractivity contribution >= 4 is 0 Å². The summed E-state index contributed by atoms with van der Waals surface area (Å²) in [5.74, 6) is 15.6. The maximum Gasteiger partial charge on any atom is 0.0333 e. The minimum absolute atomic E-state index is 0.653. The van der Waals surface area contributed by atoms with E-state index in [1.165, 1.54) is 129 Å². The molecule has 0 saturated carbocycles. The van der Waals surface area contributed by atoms with Gasteiger partial charge in [0, 0.05) is 16.7 Å². The van der Waals surface area contributed by atoms with E-state index in [4.69, 9.17) is 0 Å². The van der Waals surface area contributed by atoms with Crippen LogP contribution in [0.1, 0.15) is 119 Å². The molecule has 2 unspecified atom stereocenters. The Morgan fingerprint density at radius 3 is 0.961 bits per heavy atom. The molecule has 0 amide bonds. The molecular weight excluding hydrogens is 913 g/mol. The third kappa shape index (κ3) is 11.8. The maximum absolute atomic E-state index is 3.87. The Bertz CT molecular complexity index is 3540. The highest BCUT2D eigenvalue weighted by Gasteiger charge is 2.17. The van der Waals surface area contributed by atoms with Crippen molar-refractivity contribution in [2.45, 2.75) is 106 Å². The van der Waals surface area contributed by atoms with E-state index in [0.717, 1.165) is 57.3 Å². The molecular formula is C76H72. The van der Waals surface area contributed by atoms with Crippen molar-refractivity contribution < 1.29 is 0 Å². The van der Waals surface area contributed by atoms with E-state index < -0.39 is 0 Å². The van der Waals surface area contributed by atoms with E-state index in [1.807, 2.05) is 6.92 Å². The van der Waals surface area contributed by atoms with Crippen LogP contribution in [0.3, 0.4) is 0 Å². The van der Waals surface area contributed by atoms with E-state index in [1.54, 1.807) is 0 Å². The minimum atomic E-state index is 0.653. The van der Waals surface area contributed by atoms with Crippen LogP contribution in [0.25, 0.3) is 89.0 Å². The normalized spacial score (nSPS) is 12.0. The fourth-order valence-electron chi connectivity index (χ4n) is 11.4. The Kier molecular flexibility index (Phi) is 16.4. The second-order valence-corrected chi connectivity index (χ2v) is 21.3. The van der Waals surface area contributed by atoms with Crippen LogP contribution in [-0.4, -0.2) is 0 Å². The summed E-state index contributed by atoms with van der Waals surface area (Å²) in [4.78, 5) is 0. The minimum Gasteiger partial charge on any atom is -0.101 e. The topological polar surface area (TPSA) is 0 Å². The monoisotopic (exact) mass is 985 g/mol. The number of unbranched alkanes of at least 4 members (excludes halogenated alkanes) is 2. The van der Waals surface area contributed by atoms with Crippen LogP contribution in [0.4, 0.5) is 0 Å². The van der Waals surface area contributed by atoms with Crippen LogP contribution in [0.15, 0.2) is 194 Å². The summed E-state index contributed by atoms with van der Waals surface area (Å²) in [5, 5.41) is 0. The summed E-state index contributed by atoms with van der Waals surface area (Å²) in [6, 6.07) is 72.5. The fourth-order valence-corrected chi connectivity index (χ4v) is 11.4. The van der Waals surface area contributed by atoms with Crippen molar-refractivity contribution in [3.63, 3.8) is 0 Å². The van der Waals surface area contributed by atoms with Gasteiger partial charge in [-0.3, -0.25) is 0 Å². The molecule has 22 aliphatic rings. The summed E-state index contributed by atoms with van der Waals surface area (Å²) < 4.78 is 0. The molecule has 0 aliphatic heterocycles. The molecule has 0 nitrogen and oxygen atoms in total. The van der Waals surface area contributed by atoms with Gasteiger partial charge in [0.05, 0.1) is 0 Å². The number of aryl methyl sites for hydroxylation is 1. The SMILES string of the molecule is CC#Cc1cc2ccc1-c1ccc(cc1)-c1ccc(cc1)-c1ccc(cc1)-c1ccc(c(C#Cc3cc(CC(CC)CCCC)c(C)cc3CC(CC)CCCC)c1)-c1ccc(cc1)-c1ccc(cc1)-c1ccc-2cc1. The van der Waals surface area contributed by atoms with E-state index in [0.29, 0.717) is 11.8 Å². The molecule has 0 radical (unpaired) electrons.